The smallest absolute Gasteiger partial charge is 0.0934 e. The predicted molar refractivity (Wildman–Crippen MR) is 74.1 cm³/mol. The number of thiazole rings is 1. The molecule has 16 heavy (non-hydrogen) atoms. The van der Waals surface area contributed by atoms with E-state index >= 15 is 0 Å². The van der Waals surface area contributed by atoms with Gasteiger partial charge in [-0.1, -0.05) is 27.7 Å². The van der Waals surface area contributed by atoms with Gasteiger partial charge in [0.05, 0.1) is 10.7 Å². The van der Waals surface area contributed by atoms with Crippen LogP contribution in [-0.2, 0) is 11.8 Å². The largest absolute Gasteiger partial charge is 0.246 e. The summed E-state index contributed by atoms with van der Waals surface area (Å²) in [6.07, 6.45) is 0.862. The summed E-state index contributed by atoms with van der Waals surface area (Å²) in [6, 6.07) is 0. The lowest BCUT2D eigenvalue weighted by Crippen LogP contribution is -2.24. The normalized spacial score (nSPS) is 13.1. The Balaban J connectivity index is 2.80. The minimum atomic E-state index is -0.0455. The fraction of sp³-hybridized carbons (Fsp3) is 0.750. The average molecular weight is 280 g/mol. The van der Waals surface area contributed by atoms with Crippen molar-refractivity contribution < 1.29 is 0 Å². The number of nitrogens with zero attached hydrogens (tertiary/aromatic N) is 1. The van der Waals surface area contributed by atoms with Crippen LogP contribution in [0, 0.1) is 5.41 Å². The number of aromatic nitrogens is 1. The van der Waals surface area contributed by atoms with Crippen molar-refractivity contribution >= 4 is 34.5 Å². The molecule has 1 aromatic rings. The van der Waals surface area contributed by atoms with Gasteiger partial charge in [0.1, 0.15) is 0 Å². The predicted octanol–water partition coefficient (Wildman–Crippen LogP) is 4.47. The van der Waals surface area contributed by atoms with Gasteiger partial charge >= 0.3 is 0 Å². The van der Waals surface area contributed by atoms with E-state index in [1.807, 2.05) is 0 Å². The number of hydrogen-bond donors (Lipinski definition) is 0. The van der Waals surface area contributed by atoms with Crippen LogP contribution in [0.2, 0.25) is 0 Å². The highest BCUT2D eigenvalue weighted by Crippen LogP contribution is 2.30. The lowest BCUT2D eigenvalue weighted by atomic mass is 9.91. The molecule has 0 radical (unpaired) electrons. The van der Waals surface area contributed by atoms with E-state index in [0.29, 0.717) is 11.8 Å². The van der Waals surface area contributed by atoms with Crippen molar-refractivity contribution in [2.24, 2.45) is 5.41 Å². The van der Waals surface area contributed by atoms with Crippen LogP contribution in [0.15, 0.2) is 5.38 Å². The molecule has 0 aliphatic carbocycles. The van der Waals surface area contributed by atoms with E-state index in [1.54, 1.807) is 11.3 Å². The Kier molecular flexibility index (Phi) is 4.67. The van der Waals surface area contributed by atoms with Gasteiger partial charge in [0, 0.05) is 34.4 Å². The molecule has 1 rings (SSSR count). The summed E-state index contributed by atoms with van der Waals surface area (Å²) in [6.45, 7) is 8.63. The molecule has 1 aromatic heterocycles. The third-order valence-corrected chi connectivity index (χ3v) is 4.68. The van der Waals surface area contributed by atoms with Crippen LogP contribution in [0.5, 0.6) is 0 Å². The van der Waals surface area contributed by atoms with E-state index in [0.717, 1.165) is 17.1 Å². The Morgan fingerprint density at radius 3 is 2.12 bits per heavy atom. The van der Waals surface area contributed by atoms with Crippen LogP contribution in [0.25, 0.3) is 0 Å². The summed E-state index contributed by atoms with van der Waals surface area (Å²) >= 11 is 13.6. The molecular formula is C12H19Cl2NS. The van der Waals surface area contributed by atoms with Crippen LogP contribution in [0.4, 0.5) is 0 Å². The molecule has 4 heteroatoms. The third kappa shape index (κ3) is 3.61. The van der Waals surface area contributed by atoms with Crippen molar-refractivity contribution in [1.29, 1.82) is 0 Å². The van der Waals surface area contributed by atoms with Gasteiger partial charge in [0.15, 0.2) is 0 Å². The van der Waals surface area contributed by atoms with E-state index < -0.39 is 0 Å². The molecule has 0 bridgehead atoms. The maximum absolute atomic E-state index is 5.95. The average Bonchev–Trinajstić information content (AvgIpc) is 2.65. The monoisotopic (exact) mass is 279 g/mol. The van der Waals surface area contributed by atoms with E-state index in [4.69, 9.17) is 23.2 Å². The number of rotatable bonds is 4. The molecule has 0 amide bonds. The van der Waals surface area contributed by atoms with Crippen molar-refractivity contribution in [3.05, 3.63) is 16.1 Å². The van der Waals surface area contributed by atoms with Gasteiger partial charge in [-0.05, 0) is 0 Å². The first-order valence-corrected chi connectivity index (χ1v) is 7.32. The highest BCUT2D eigenvalue weighted by molar-refractivity contribution is 7.09. The van der Waals surface area contributed by atoms with Gasteiger partial charge in [-0.25, -0.2) is 4.98 Å². The lowest BCUT2D eigenvalue weighted by Gasteiger charge is -2.22. The second-order valence-corrected chi connectivity index (χ2v) is 7.11. The molecule has 0 saturated heterocycles. The maximum Gasteiger partial charge on any atom is 0.0934 e. The summed E-state index contributed by atoms with van der Waals surface area (Å²) in [7, 11) is 0. The van der Waals surface area contributed by atoms with Crippen molar-refractivity contribution in [3.63, 3.8) is 0 Å². The topological polar surface area (TPSA) is 12.9 Å². The lowest BCUT2D eigenvalue weighted by molar-refractivity contribution is 0.423. The Labute approximate surface area is 112 Å². The summed E-state index contributed by atoms with van der Waals surface area (Å²) in [5.74, 6) is 1.14. The molecule has 0 aliphatic heterocycles. The highest BCUT2D eigenvalue weighted by Gasteiger charge is 2.25. The Morgan fingerprint density at radius 1 is 1.19 bits per heavy atom. The van der Waals surface area contributed by atoms with E-state index in [2.05, 4.69) is 38.1 Å². The Morgan fingerprint density at radius 2 is 1.75 bits per heavy atom. The van der Waals surface area contributed by atoms with Crippen LogP contribution in [0.3, 0.4) is 0 Å². The minimum absolute atomic E-state index is 0.0455. The summed E-state index contributed by atoms with van der Waals surface area (Å²) in [5, 5.41) is 3.27. The van der Waals surface area contributed by atoms with Gasteiger partial charge < -0.3 is 0 Å². The fourth-order valence-electron chi connectivity index (χ4n) is 1.23. The molecule has 0 unspecified atom stereocenters. The van der Waals surface area contributed by atoms with Crippen LogP contribution in [-0.4, -0.2) is 16.7 Å². The number of alkyl halides is 2. The highest BCUT2D eigenvalue weighted by atomic mass is 35.5. The van der Waals surface area contributed by atoms with Gasteiger partial charge in [-0.15, -0.1) is 34.5 Å². The van der Waals surface area contributed by atoms with Gasteiger partial charge in [0.2, 0.25) is 0 Å². The van der Waals surface area contributed by atoms with Gasteiger partial charge in [0.25, 0.3) is 0 Å². The first-order valence-electron chi connectivity index (χ1n) is 5.37. The van der Waals surface area contributed by atoms with E-state index in [9.17, 15) is 0 Å². The molecule has 0 atom stereocenters. The van der Waals surface area contributed by atoms with Crippen LogP contribution >= 0.6 is 34.5 Å². The number of hydrogen-bond acceptors (Lipinski definition) is 2. The summed E-state index contributed by atoms with van der Waals surface area (Å²) in [4.78, 5) is 4.66. The van der Waals surface area contributed by atoms with Crippen molar-refractivity contribution in [1.82, 2.24) is 4.98 Å². The van der Waals surface area contributed by atoms with Crippen molar-refractivity contribution in [2.45, 2.75) is 39.5 Å². The minimum Gasteiger partial charge on any atom is -0.246 e. The maximum atomic E-state index is 5.95. The molecule has 0 N–H and O–H groups in total. The molecule has 0 saturated carbocycles. The molecule has 92 valence electrons. The van der Waals surface area contributed by atoms with E-state index in [1.165, 1.54) is 0 Å². The fourth-order valence-corrected chi connectivity index (χ4v) is 2.94. The first kappa shape index (κ1) is 14.3. The quantitative estimate of drug-likeness (QED) is 0.742. The van der Waals surface area contributed by atoms with Crippen LogP contribution in [0.1, 0.15) is 38.4 Å². The second-order valence-electron chi connectivity index (χ2n) is 5.63. The molecule has 0 aromatic carbocycles. The third-order valence-electron chi connectivity index (χ3n) is 2.54. The second kappa shape index (κ2) is 5.24. The Bertz CT molecular complexity index is 337. The van der Waals surface area contributed by atoms with E-state index in [-0.39, 0.29) is 10.8 Å². The molecule has 1 nitrogen and oxygen atoms in total. The summed E-state index contributed by atoms with van der Waals surface area (Å²) in [5.41, 5.74) is 1.22. The van der Waals surface area contributed by atoms with Crippen LogP contribution < -0.4 is 0 Å². The summed E-state index contributed by atoms with van der Waals surface area (Å²) < 4.78 is 0. The Hall–Kier alpha value is 0.210. The SMILES string of the molecule is CC(CCl)(CCl)Cc1nc(C(C)(C)C)cs1. The van der Waals surface area contributed by atoms with Gasteiger partial charge in [-0.3, -0.25) is 0 Å². The molecule has 0 spiro atoms. The number of halogens is 2. The molecular weight excluding hydrogens is 261 g/mol. The standard InChI is InChI=1S/C12H19Cl2NS/c1-11(2,3)9-6-16-10(15-9)5-12(4,7-13)8-14/h6H,5,7-8H2,1-4H3. The zero-order valence-corrected chi connectivity index (χ0v) is 12.6. The zero-order chi connectivity index (χ0) is 12.4. The molecule has 0 aliphatic rings. The van der Waals surface area contributed by atoms with Crippen molar-refractivity contribution in [2.75, 3.05) is 11.8 Å². The van der Waals surface area contributed by atoms with Gasteiger partial charge in [-0.2, -0.15) is 0 Å². The first-order chi connectivity index (χ1) is 7.30. The van der Waals surface area contributed by atoms with Crippen molar-refractivity contribution in [3.8, 4) is 0 Å². The molecule has 0 fully saturated rings. The molecule has 1 heterocycles. The zero-order valence-electron chi connectivity index (χ0n) is 10.3.